The second-order valence-electron chi connectivity index (χ2n) is 9.92. The number of nitrogens with one attached hydrogen (secondary N) is 3. The van der Waals surface area contributed by atoms with Crippen LogP contribution in [-0.2, 0) is 0 Å². The van der Waals surface area contributed by atoms with E-state index in [1.54, 1.807) is 25.4 Å². The van der Waals surface area contributed by atoms with E-state index in [2.05, 4.69) is 60.0 Å². The van der Waals surface area contributed by atoms with Crippen molar-refractivity contribution in [3.63, 3.8) is 0 Å². The van der Waals surface area contributed by atoms with Gasteiger partial charge in [-0.1, -0.05) is 31.4 Å². The molecule has 0 saturated carbocycles. The lowest BCUT2D eigenvalue weighted by Crippen LogP contribution is -2.29. The Morgan fingerprint density at radius 1 is 1.12 bits per heavy atom. The molecule has 3 rings (SSSR count). The molecule has 1 unspecified atom stereocenters. The van der Waals surface area contributed by atoms with Gasteiger partial charge in [0.15, 0.2) is 5.82 Å². The zero-order chi connectivity index (χ0) is 31.5. The monoisotopic (exact) mass is 584 g/mol. The number of benzene rings is 2. The second-order valence-corrected chi connectivity index (χ2v) is 9.92. The maximum absolute atomic E-state index is 10.3. The van der Waals surface area contributed by atoms with Crippen LogP contribution in [0.4, 0.5) is 34.5 Å². The lowest BCUT2D eigenvalue weighted by molar-refractivity contribution is 0.253. The van der Waals surface area contributed by atoms with Crippen LogP contribution in [-0.4, -0.2) is 85.3 Å². The molecule has 4 N–H and O–H groups in total. The molecule has 0 bridgehead atoms. The first-order valence-corrected chi connectivity index (χ1v) is 13.6. The van der Waals surface area contributed by atoms with Crippen LogP contribution >= 0.6 is 0 Å². The zero-order valence-electron chi connectivity index (χ0n) is 25.6. The summed E-state index contributed by atoms with van der Waals surface area (Å²) in [5, 5.41) is 35.8. The first-order valence-electron chi connectivity index (χ1n) is 13.6. The van der Waals surface area contributed by atoms with Crippen molar-refractivity contribution in [2.45, 2.75) is 13.2 Å². The number of likely N-dealkylation sites (N-methyl/N-ethyl adjacent to an activating group) is 2. The van der Waals surface area contributed by atoms with Crippen molar-refractivity contribution in [2.24, 2.45) is 5.10 Å². The Kier molecular flexibility index (Phi) is 11.5. The lowest BCUT2D eigenvalue weighted by atomic mass is 10.1. The molecule has 1 atom stereocenters. The van der Waals surface area contributed by atoms with E-state index in [9.17, 15) is 10.4 Å². The van der Waals surface area contributed by atoms with Crippen LogP contribution in [0.25, 0.3) is 0 Å². The molecule has 0 spiro atoms. The third-order valence-electron chi connectivity index (χ3n) is 6.44. The van der Waals surface area contributed by atoms with E-state index < -0.39 is 6.23 Å². The number of nitrogens with zero attached hydrogens (tertiary/aromatic N) is 7. The van der Waals surface area contributed by atoms with Gasteiger partial charge in [-0.05, 0) is 39.2 Å². The number of aliphatic hydroxyl groups is 1. The highest BCUT2D eigenvalue weighted by atomic mass is 16.5. The van der Waals surface area contributed by atoms with Crippen LogP contribution in [0.1, 0.15) is 18.1 Å². The Bertz CT molecular complexity index is 1500. The maximum Gasteiger partial charge on any atom is 0.229 e. The van der Waals surface area contributed by atoms with Crippen LogP contribution in [0.3, 0.4) is 0 Å². The summed E-state index contributed by atoms with van der Waals surface area (Å²) in [7, 11) is 9.37. The Labute approximate surface area is 253 Å². The average molecular weight is 585 g/mol. The molecule has 226 valence electrons. The molecule has 0 saturated heterocycles. The topological polar surface area (TPSA) is 137 Å². The fraction of sp³-hybridized carbons (Fsp3) is 0.290. The summed E-state index contributed by atoms with van der Waals surface area (Å²) < 4.78 is 5.72. The van der Waals surface area contributed by atoms with Crippen LogP contribution < -0.4 is 25.6 Å². The number of nitriles is 1. The minimum absolute atomic E-state index is 0.234. The fourth-order valence-corrected chi connectivity index (χ4v) is 4.06. The van der Waals surface area contributed by atoms with Crippen LogP contribution in [0.5, 0.6) is 5.75 Å². The molecule has 0 aliphatic rings. The second kappa shape index (κ2) is 15.2. The number of anilines is 6. The molecule has 43 heavy (non-hydrogen) atoms. The van der Waals surface area contributed by atoms with Gasteiger partial charge in [-0.2, -0.15) is 15.3 Å². The summed E-state index contributed by atoms with van der Waals surface area (Å²) in [6.07, 6.45) is 3.49. The van der Waals surface area contributed by atoms with Crippen molar-refractivity contribution >= 4 is 40.2 Å². The number of rotatable bonds is 15. The fourth-order valence-electron chi connectivity index (χ4n) is 4.06. The highest BCUT2D eigenvalue weighted by molar-refractivity contribution is 6.04. The van der Waals surface area contributed by atoms with Crippen molar-refractivity contribution < 1.29 is 9.84 Å². The molecule has 0 amide bonds. The van der Waals surface area contributed by atoms with Crippen molar-refractivity contribution in [3.8, 4) is 11.8 Å². The maximum atomic E-state index is 10.3. The number of hydrogen-bond acceptors (Lipinski definition) is 12. The Balaban J connectivity index is 2.01. The van der Waals surface area contributed by atoms with Gasteiger partial charge in [-0.15, -0.1) is 0 Å². The zero-order valence-corrected chi connectivity index (χ0v) is 25.6. The number of aromatic nitrogens is 2. The van der Waals surface area contributed by atoms with Crippen molar-refractivity contribution in [1.82, 2.24) is 19.9 Å². The molecule has 3 aromatic rings. The van der Waals surface area contributed by atoms with Crippen molar-refractivity contribution in [2.75, 3.05) is 69.2 Å². The lowest BCUT2D eigenvalue weighted by Gasteiger charge is -2.27. The quantitative estimate of drug-likeness (QED) is 0.0866. The third-order valence-corrected chi connectivity index (χ3v) is 6.44. The van der Waals surface area contributed by atoms with Gasteiger partial charge in [0, 0.05) is 50.7 Å². The Morgan fingerprint density at radius 3 is 2.51 bits per heavy atom. The van der Waals surface area contributed by atoms with Gasteiger partial charge >= 0.3 is 0 Å². The van der Waals surface area contributed by atoms with Crippen LogP contribution in [0.2, 0.25) is 0 Å². The average Bonchev–Trinajstić information content (AvgIpc) is 3.00. The molecule has 1 heterocycles. The summed E-state index contributed by atoms with van der Waals surface area (Å²) in [5.41, 5.74) is 4.59. The molecule has 2 aromatic carbocycles. The Morgan fingerprint density at radius 2 is 1.86 bits per heavy atom. The Hall–Kier alpha value is -5.12. The minimum Gasteiger partial charge on any atom is -0.494 e. The van der Waals surface area contributed by atoms with Gasteiger partial charge in [-0.25, -0.2) is 4.98 Å². The number of aliphatic hydroxyl groups excluding tert-OH is 1. The first-order chi connectivity index (χ1) is 20.6. The molecular formula is C31H40N10O2. The van der Waals surface area contributed by atoms with E-state index in [1.165, 1.54) is 12.3 Å². The van der Waals surface area contributed by atoms with Gasteiger partial charge < -0.3 is 35.6 Å². The smallest absolute Gasteiger partial charge is 0.229 e. The number of hydrazone groups is 1. The van der Waals surface area contributed by atoms with Gasteiger partial charge in [0.1, 0.15) is 23.6 Å². The van der Waals surface area contributed by atoms with Crippen molar-refractivity contribution in [3.05, 3.63) is 79.2 Å². The molecule has 0 radical (unpaired) electrons. The van der Waals surface area contributed by atoms with E-state index in [0.717, 1.165) is 35.7 Å². The first kappa shape index (κ1) is 32.4. The molecule has 0 fully saturated rings. The van der Waals surface area contributed by atoms with Crippen LogP contribution in [0, 0.1) is 11.3 Å². The third kappa shape index (κ3) is 8.68. The van der Waals surface area contributed by atoms with E-state index in [-0.39, 0.29) is 11.5 Å². The number of hydrogen-bond donors (Lipinski definition) is 4. The van der Waals surface area contributed by atoms with Gasteiger partial charge in [0.2, 0.25) is 5.95 Å². The number of methoxy groups -OCH3 is 1. The predicted octanol–water partition coefficient (Wildman–Crippen LogP) is 4.56. The molecule has 1 aromatic heterocycles. The van der Waals surface area contributed by atoms with Gasteiger partial charge in [0.25, 0.3) is 0 Å². The highest BCUT2D eigenvalue weighted by Crippen LogP contribution is 2.38. The number of ether oxygens (including phenoxy) is 1. The van der Waals surface area contributed by atoms with E-state index >= 15 is 0 Å². The highest BCUT2D eigenvalue weighted by Gasteiger charge is 2.18. The summed E-state index contributed by atoms with van der Waals surface area (Å²) in [6, 6.07) is 13.4. The summed E-state index contributed by atoms with van der Waals surface area (Å²) >= 11 is 0. The van der Waals surface area contributed by atoms with Gasteiger partial charge in [-0.3, -0.25) is 5.01 Å². The van der Waals surface area contributed by atoms with E-state index in [0.29, 0.717) is 22.9 Å². The standard InChI is InChI=1S/C31H40N10O2/c1-9-29(42)34-25-17-26(28(43-8)18-27(25)40(6)16-15-39(4)5)36-31-33-20-22(19-32)30(37-31)35-24-14-12-11-13-23(24)21(3)38-41(7)10-2/h9-14,17-18,20,29,34,42H,1-2,15-16H2,3-8H3,(H2,33,35,36,37)/b38-21+. The van der Waals surface area contributed by atoms with Gasteiger partial charge in [0.05, 0.1) is 36.1 Å². The molecule has 0 aliphatic carbocycles. The minimum atomic E-state index is -0.970. The van der Waals surface area contributed by atoms with E-state index in [4.69, 9.17) is 4.74 Å². The summed E-state index contributed by atoms with van der Waals surface area (Å²) in [5.74, 6) is 1.09. The van der Waals surface area contributed by atoms with Crippen LogP contribution in [0.15, 0.2) is 73.1 Å². The van der Waals surface area contributed by atoms with E-state index in [1.807, 2.05) is 64.5 Å². The molecule has 12 heteroatoms. The predicted molar refractivity (Wildman–Crippen MR) is 175 cm³/mol. The number of para-hydroxylation sites is 1. The SMILES string of the molecule is C=CC(O)Nc1cc(Nc2ncc(C#N)c(Nc3ccccc3/C(C)=N/N(C)C=C)n2)c(OC)cc1N(C)CCN(C)C. The summed E-state index contributed by atoms with van der Waals surface area (Å²) in [4.78, 5) is 13.1. The molecular weight excluding hydrogens is 544 g/mol. The molecule has 12 nitrogen and oxygen atoms in total. The summed E-state index contributed by atoms with van der Waals surface area (Å²) in [6.45, 7) is 10.9. The normalized spacial score (nSPS) is 11.7. The van der Waals surface area contributed by atoms with Crippen molar-refractivity contribution in [1.29, 1.82) is 5.26 Å². The molecule has 0 aliphatic heterocycles. The largest absolute Gasteiger partial charge is 0.494 e.